The molecular weight excluding hydrogens is 354 g/mol. The molecule has 11 heteroatoms. The minimum absolute atomic E-state index is 0.299. The molecule has 0 spiro atoms. The molecule has 0 aliphatic rings. The second kappa shape index (κ2) is 6.95. The number of halogens is 6. The van der Waals surface area contributed by atoms with Crippen molar-refractivity contribution in [3.05, 3.63) is 29.8 Å². The molecule has 1 rings (SSSR count). The molecule has 0 unspecified atom stereocenters. The highest BCUT2D eigenvalue weighted by Gasteiger charge is 2.79. The summed E-state index contributed by atoms with van der Waals surface area (Å²) in [5.74, 6) is -7.39. The maximum atomic E-state index is 13.2. The van der Waals surface area contributed by atoms with Crippen LogP contribution < -0.4 is 4.74 Å². The minimum Gasteiger partial charge on any atom is -0.428 e. The molecule has 0 atom stereocenters. The van der Waals surface area contributed by atoms with E-state index in [0.717, 1.165) is 18.2 Å². The maximum absolute atomic E-state index is 13.2. The van der Waals surface area contributed by atoms with Crippen LogP contribution in [0.1, 0.15) is 19.4 Å². The number of benzene rings is 1. The average molecular weight is 368 g/mol. The van der Waals surface area contributed by atoms with Gasteiger partial charge in [-0.1, -0.05) is 26.0 Å². The Labute approximate surface area is 128 Å². The van der Waals surface area contributed by atoms with E-state index in [2.05, 4.69) is 4.74 Å². The van der Waals surface area contributed by atoms with Crippen LogP contribution in [0.5, 0.6) is 5.75 Å². The molecule has 1 N–H and O–H groups in total. The van der Waals surface area contributed by atoms with Gasteiger partial charge in [-0.15, -0.1) is 0 Å². The number of rotatable bonds is 5. The molecule has 1 aromatic rings. The fraction of sp³-hybridized carbons (Fsp3) is 0.500. The topological polar surface area (TPSA) is 63.6 Å². The maximum Gasteiger partial charge on any atom is 0.472 e. The Bertz CT molecular complexity index is 630. The Morgan fingerprint density at radius 2 is 1.52 bits per heavy atom. The van der Waals surface area contributed by atoms with Crippen LogP contribution in [-0.4, -0.2) is 30.3 Å². The van der Waals surface area contributed by atoms with Crippen LogP contribution in [0.2, 0.25) is 0 Å². The largest absolute Gasteiger partial charge is 0.472 e. The molecule has 1 aromatic carbocycles. The first-order valence-corrected chi connectivity index (χ1v) is 7.52. The summed E-state index contributed by atoms with van der Waals surface area (Å²) >= 11 is 0. The van der Waals surface area contributed by atoms with Gasteiger partial charge >= 0.3 is 27.4 Å². The molecule has 0 amide bonds. The highest BCUT2D eigenvalue weighted by Crippen LogP contribution is 2.48. The van der Waals surface area contributed by atoms with Crippen LogP contribution >= 0.6 is 0 Å². The third-order valence-corrected chi connectivity index (χ3v) is 3.19. The van der Waals surface area contributed by atoms with Crippen molar-refractivity contribution in [2.24, 2.45) is 0 Å². The SMILES string of the molecule is CC.Cc1cccc(OC(F)(F)C(F)(F)C(F)(F)S(=O)(=O)O)c1. The van der Waals surface area contributed by atoms with Crippen molar-refractivity contribution in [3.8, 4) is 5.75 Å². The molecule has 0 aliphatic heterocycles. The van der Waals surface area contributed by atoms with E-state index in [1.54, 1.807) is 0 Å². The summed E-state index contributed by atoms with van der Waals surface area (Å²) in [7, 11) is -6.79. The summed E-state index contributed by atoms with van der Waals surface area (Å²) in [6.45, 7) is 5.38. The first kappa shape index (κ1) is 21.5. The van der Waals surface area contributed by atoms with Crippen molar-refractivity contribution in [3.63, 3.8) is 0 Å². The fourth-order valence-electron chi connectivity index (χ4n) is 1.22. The summed E-state index contributed by atoms with van der Waals surface area (Å²) in [6, 6.07) is 4.13. The highest BCUT2D eigenvalue weighted by atomic mass is 32.2. The number of hydrogen-bond donors (Lipinski definition) is 1. The Morgan fingerprint density at radius 1 is 1.04 bits per heavy atom. The van der Waals surface area contributed by atoms with E-state index in [9.17, 15) is 34.8 Å². The molecule has 4 nitrogen and oxygen atoms in total. The lowest BCUT2D eigenvalue weighted by Gasteiger charge is -2.30. The van der Waals surface area contributed by atoms with Crippen LogP contribution in [0, 0.1) is 6.92 Å². The van der Waals surface area contributed by atoms with Gasteiger partial charge < -0.3 is 4.74 Å². The molecule has 0 fully saturated rings. The lowest BCUT2D eigenvalue weighted by Crippen LogP contribution is -2.59. The summed E-state index contributed by atoms with van der Waals surface area (Å²) in [5, 5.41) is -6.44. The van der Waals surface area contributed by atoms with Crippen LogP contribution in [0.15, 0.2) is 24.3 Å². The molecule has 0 bridgehead atoms. The third-order valence-electron chi connectivity index (χ3n) is 2.29. The Balaban J connectivity index is 0.00000232. The number of ether oxygens (including phenoxy) is 1. The Morgan fingerprint density at radius 3 is 1.91 bits per heavy atom. The van der Waals surface area contributed by atoms with Crippen molar-refractivity contribution in [2.75, 3.05) is 0 Å². The predicted molar refractivity (Wildman–Crippen MR) is 69.5 cm³/mol. The van der Waals surface area contributed by atoms with Gasteiger partial charge in [0.25, 0.3) is 0 Å². The van der Waals surface area contributed by atoms with Gasteiger partial charge in [0.2, 0.25) is 0 Å². The van der Waals surface area contributed by atoms with E-state index in [1.807, 2.05) is 13.8 Å². The van der Waals surface area contributed by atoms with Crippen LogP contribution in [0.4, 0.5) is 26.3 Å². The molecule has 0 aliphatic carbocycles. The standard InChI is InChI=1S/C10H8F6O4S.C2H6/c1-6-3-2-4-7(5-6)20-9(13,14)8(11,12)10(15,16)21(17,18)19;1-2/h2-5H,1H3,(H,17,18,19);1-2H3. The summed E-state index contributed by atoms with van der Waals surface area (Å²) < 4.78 is 110. The van der Waals surface area contributed by atoms with Crippen molar-refractivity contribution in [1.82, 2.24) is 0 Å². The second-order valence-corrected chi connectivity index (χ2v) is 5.46. The first-order chi connectivity index (χ1) is 10.2. The Kier molecular flexibility index (Phi) is 6.50. The smallest absolute Gasteiger partial charge is 0.428 e. The first-order valence-electron chi connectivity index (χ1n) is 6.08. The van der Waals surface area contributed by atoms with Gasteiger partial charge in [-0.2, -0.15) is 34.8 Å². The van der Waals surface area contributed by atoms with Crippen LogP contribution in [0.25, 0.3) is 0 Å². The monoisotopic (exact) mass is 368 g/mol. The minimum atomic E-state index is -6.79. The van der Waals surface area contributed by atoms with E-state index in [1.165, 1.54) is 13.0 Å². The van der Waals surface area contributed by atoms with Gasteiger partial charge in [-0.3, -0.25) is 4.55 Å². The third kappa shape index (κ3) is 4.28. The highest BCUT2D eigenvalue weighted by molar-refractivity contribution is 7.87. The predicted octanol–water partition coefficient (Wildman–Crippen LogP) is 4.11. The van der Waals surface area contributed by atoms with Gasteiger partial charge in [-0.05, 0) is 24.6 Å². The molecule has 0 saturated carbocycles. The van der Waals surface area contributed by atoms with Gasteiger partial charge in [0.05, 0.1) is 0 Å². The van der Waals surface area contributed by atoms with Crippen LogP contribution in [-0.2, 0) is 10.1 Å². The van der Waals surface area contributed by atoms with E-state index in [0.29, 0.717) is 5.56 Å². The van der Waals surface area contributed by atoms with Gasteiger partial charge in [0.15, 0.2) is 0 Å². The van der Waals surface area contributed by atoms with Crippen molar-refractivity contribution < 1.29 is 44.0 Å². The number of alkyl halides is 6. The zero-order chi connectivity index (χ0) is 18.7. The molecule has 23 heavy (non-hydrogen) atoms. The number of aryl methyl sites for hydroxylation is 1. The van der Waals surface area contributed by atoms with Gasteiger partial charge in [0, 0.05) is 0 Å². The molecule has 134 valence electrons. The molecular formula is C12H14F6O4S. The van der Waals surface area contributed by atoms with Gasteiger partial charge in [0.1, 0.15) is 5.75 Å². The second-order valence-electron chi connectivity index (χ2n) is 4.00. The Hall–Kier alpha value is -1.49. The summed E-state index contributed by atoms with van der Waals surface area (Å²) in [6.07, 6.45) is -5.89. The molecule has 0 radical (unpaired) electrons. The lowest BCUT2D eigenvalue weighted by atomic mass is 10.2. The number of hydrogen-bond acceptors (Lipinski definition) is 3. The normalized spacial score (nSPS) is 13.1. The lowest BCUT2D eigenvalue weighted by molar-refractivity contribution is -0.353. The van der Waals surface area contributed by atoms with Crippen molar-refractivity contribution in [2.45, 2.75) is 38.1 Å². The quantitative estimate of drug-likeness (QED) is 0.628. The van der Waals surface area contributed by atoms with Crippen molar-refractivity contribution >= 4 is 10.1 Å². The molecule has 0 heterocycles. The summed E-state index contributed by atoms with van der Waals surface area (Å²) in [4.78, 5) is 0. The van der Waals surface area contributed by atoms with E-state index < -0.39 is 33.2 Å². The zero-order valence-corrected chi connectivity index (χ0v) is 13.0. The fourth-order valence-corrected chi connectivity index (χ4v) is 1.67. The molecule has 0 saturated heterocycles. The summed E-state index contributed by atoms with van der Waals surface area (Å²) in [5.41, 5.74) is 0.299. The van der Waals surface area contributed by atoms with Crippen LogP contribution in [0.3, 0.4) is 0 Å². The van der Waals surface area contributed by atoms with Crippen molar-refractivity contribution in [1.29, 1.82) is 0 Å². The zero-order valence-electron chi connectivity index (χ0n) is 12.2. The van der Waals surface area contributed by atoms with Gasteiger partial charge in [-0.25, -0.2) is 0 Å². The van der Waals surface area contributed by atoms with E-state index in [4.69, 9.17) is 4.55 Å². The average Bonchev–Trinajstić information content (AvgIpc) is 2.38. The molecule has 0 aromatic heterocycles. The van der Waals surface area contributed by atoms with E-state index in [-0.39, 0.29) is 0 Å². The van der Waals surface area contributed by atoms with E-state index >= 15 is 0 Å².